The molecule has 4 heteroatoms. The van der Waals surface area contributed by atoms with E-state index in [1.54, 1.807) is 13.3 Å². The van der Waals surface area contributed by atoms with Crippen molar-refractivity contribution in [3.05, 3.63) is 30.2 Å². The Balaban J connectivity index is 2.31. The Bertz CT molecular complexity index is 430. The number of hydrogen-bond donors (Lipinski definition) is 0. The highest BCUT2D eigenvalue weighted by atomic mass is 16.5. The quantitative estimate of drug-likeness (QED) is 0.745. The van der Waals surface area contributed by atoms with Gasteiger partial charge in [-0.25, -0.2) is 9.98 Å². The lowest BCUT2D eigenvalue weighted by Gasteiger charge is -2.02. The van der Waals surface area contributed by atoms with Crippen LogP contribution in [-0.2, 0) is 7.05 Å². The lowest BCUT2D eigenvalue weighted by molar-refractivity contribution is 0.384. The number of rotatable bonds is 3. The molecule has 80 valence electrons. The number of hydrogen-bond acceptors (Lipinski definition) is 3. The number of allylic oxidation sites excluding steroid dienone is 1. The topological polar surface area (TPSA) is 39.4 Å². The van der Waals surface area contributed by atoms with Crippen LogP contribution in [0.2, 0.25) is 0 Å². The molecule has 1 saturated carbocycles. The Morgan fingerprint density at radius 2 is 2.40 bits per heavy atom. The lowest BCUT2D eigenvalue weighted by atomic mass is 10.4. The van der Waals surface area contributed by atoms with Gasteiger partial charge in [-0.05, 0) is 18.8 Å². The summed E-state index contributed by atoms with van der Waals surface area (Å²) in [5, 5.41) is 0. The maximum Gasteiger partial charge on any atom is 0.257 e. The molecule has 1 aliphatic rings. The SMILES string of the molecule is COc1nccn(C)/c1=N\C=C\C1CC1. The fraction of sp³-hybridized carbons (Fsp3) is 0.455. The molecule has 0 spiro atoms. The Labute approximate surface area is 88.9 Å². The van der Waals surface area contributed by atoms with Crippen molar-refractivity contribution in [2.45, 2.75) is 12.8 Å². The number of aromatic nitrogens is 2. The van der Waals surface area contributed by atoms with E-state index in [1.807, 2.05) is 24.0 Å². The van der Waals surface area contributed by atoms with Gasteiger partial charge < -0.3 is 9.30 Å². The molecule has 0 aromatic carbocycles. The third-order valence-corrected chi connectivity index (χ3v) is 2.38. The van der Waals surface area contributed by atoms with Crippen molar-refractivity contribution in [3.63, 3.8) is 0 Å². The molecular formula is C11H15N3O. The van der Waals surface area contributed by atoms with Crippen LogP contribution in [0.4, 0.5) is 0 Å². The van der Waals surface area contributed by atoms with Gasteiger partial charge in [-0.3, -0.25) is 0 Å². The highest BCUT2D eigenvalue weighted by molar-refractivity contribution is 5.05. The molecule has 0 atom stereocenters. The molecular weight excluding hydrogens is 190 g/mol. The number of nitrogens with zero attached hydrogens (tertiary/aromatic N) is 3. The molecule has 1 heterocycles. The number of methoxy groups -OCH3 is 1. The average molecular weight is 205 g/mol. The maximum absolute atomic E-state index is 5.14. The van der Waals surface area contributed by atoms with Crippen molar-refractivity contribution in [1.29, 1.82) is 0 Å². The van der Waals surface area contributed by atoms with Gasteiger partial charge in [-0.2, -0.15) is 0 Å². The molecule has 4 nitrogen and oxygen atoms in total. The molecule has 1 fully saturated rings. The summed E-state index contributed by atoms with van der Waals surface area (Å²) in [4.78, 5) is 8.45. The van der Waals surface area contributed by atoms with Gasteiger partial charge in [0.1, 0.15) is 0 Å². The van der Waals surface area contributed by atoms with E-state index in [2.05, 4.69) is 16.1 Å². The van der Waals surface area contributed by atoms with E-state index in [0.29, 0.717) is 5.88 Å². The van der Waals surface area contributed by atoms with Crippen molar-refractivity contribution in [2.75, 3.05) is 7.11 Å². The zero-order valence-electron chi connectivity index (χ0n) is 9.05. The van der Waals surface area contributed by atoms with Crippen LogP contribution in [0.3, 0.4) is 0 Å². The largest absolute Gasteiger partial charge is 0.478 e. The molecule has 0 aliphatic heterocycles. The van der Waals surface area contributed by atoms with Crippen LogP contribution in [0, 0.1) is 5.92 Å². The first-order valence-electron chi connectivity index (χ1n) is 5.07. The van der Waals surface area contributed by atoms with E-state index in [-0.39, 0.29) is 0 Å². The van der Waals surface area contributed by atoms with Gasteiger partial charge in [-0.15, -0.1) is 0 Å². The van der Waals surface area contributed by atoms with Gasteiger partial charge in [0.2, 0.25) is 0 Å². The Hall–Kier alpha value is -1.58. The van der Waals surface area contributed by atoms with Crippen molar-refractivity contribution >= 4 is 0 Å². The molecule has 1 aromatic heterocycles. The minimum absolute atomic E-state index is 0.556. The fourth-order valence-electron chi connectivity index (χ4n) is 1.29. The van der Waals surface area contributed by atoms with Crippen molar-refractivity contribution < 1.29 is 4.74 Å². The van der Waals surface area contributed by atoms with Gasteiger partial charge in [0.15, 0.2) is 5.49 Å². The van der Waals surface area contributed by atoms with Crippen molar-refractivity contribution in [1.82, 2.24) is 9.55 Å². The molecule has 0 radical (unpaired) electrons. The molecule has 1 aliphatic carbocycles. The summed E-state index contributed by atoms with van der Waals surface area (Å²) >= 11 is 0. The van der Waals surface area contributed by atoms with Gasteiger partial charge in [0.25, 0.3) is 5.88 Å². The lowest BCUT2D eigenvalue weighted by Crippen LogP contribution is -2.20. The first-order chi connectivity index (χ1) is 7.31. The van der Waals surface area contributed by atoms with Gasteiger partial charge >= 0.3 is 0 Å². The minimum Gasteiger partial charge on any atom is -0.478 e. The first-order valence-corrected chi connectivity index (χ1v) is 5.07. The third kappa shape index (κ3) is 2.46. The maximum atomic E-state index is 5.14. The van der Waals surface area contributed by atoms with Crippen LogP contribution in [0.1, 0.15) is 12.8 Å². The van der Waals surface area contributed by atoms with Crippen LogP contribution in [-0.4, -0.2) is 16.7 Å². The number of ether oxygens (including phenoxy) is 1. The zero-order valence-corrected chi connectivity index (χ0v) is 9.05. The molecule has 0 unspecified atom stereocenters. The summed E-state index contributed by atoms with van der Waals surface area (Å²) in [6, 6.07) is 0. The molecule has 2 rings (SSSR count). The van der Waals surface area contributed by atoms with Crippen LogP contribution < -0.4 is 10.2 Å². The minimum atomic E-state index is 0.556. The van der Waals surface area contributed by atoms with Crippen LogP contribution in [0.5, 0.6) is 5.88 Å². The van der Waals surface area contributed by atoms with E-state index < -0.39 is 0 Å². The van der Waals surface area contributed by atoms with Crippen LogP contribution in [0.25, 0.3) is 0 Å². The van der Waals surface area contributed by atoms with Crippen molar-refractivity contribution in [3.8, 4) is 5.88 Å². The molecule has 0 N–H and O–H groups in total. The summed E-state index contributed by atoms with van der Waals surface area (Å²) in [7, 11) is 3.53. The monoisotopic (exact) mass is 205 g/mol. The van der Waals surface area contributed by atoms with Gasteiger partial charge in [-0.1, -0.05) is 6.08 Å². The normalized spacial score (nSPS) is 17.3. The standard InChI is InChI=1S/C11H15N3O/c1-14-8-7-13-11(15-2)10(14)12-6-5-9-3-4-9/h5-9H,3-4H2,1-2H3/b6-5+,12-10-. The highest BCUT2D eigenvalue weighted by Gasteiger charge is 2.16. The summed E-state index contributed by atoms with van der Waals surface area (Å²) < 4.78 is 7.03. The van der Waals surface area contributed by atoms with Gasteiger partial charge in [0.05, 0.1) is 7.11 Å². The van der Waals surface area contributed by atoms with Crippen LogP contribution in [0.15, 0.2) is 29.7 Å². The van der Waals surface area contributed by atoms with Gasteiger partial charge in [0, 0.05) is 25.6 Å². The molecule has 15 heavy (non-hydrogen) atoms. The van der Waals surface area contributed by atoms with Crippen LogP contribution >= 0.6 is 0 Å². The predicted molar refractivity (Wildman–Crippen MR) is 57.2 cm³/mol. The van der Waals surface area contributed by atoms with E-state index in [4.69, 9.17) is 4.74 Å². The first kappa shape index (κ1) is 9.96. The van der Waals surface area contributed by atoms with E-state index in [0.717, 1.165) is 11.4 Å². The second-order valence-electron chi connectivity index (χ2n) is 3.68. The summed E-state index contributed by atoms with van der Waals surface area (Å²) in [5.41, 5.74) is 0.747. The van der Waals surface area contributed by atoms with E-state index >= 15 is 0 Å². The zero-order chi connectivity index (χ0) is 10.7. The van der Waals surface area contributed by atoms with Crippen molar-refractivity contribution in [2.24, 2.45) is 18.0 Å². The fourth-order valence-corrected chi connectivity index (χ4v) is 1.29. The second-order valence-corrected chi connectivity index (χ2v) is 3.68. The third-order valence-electron chi connectivity index (χ3n) is 2.38. The molecule has 0 saturated heterocycles. The average Bonchev–Trinajstić information content (AvgIpc) is 3.04. The highest BCUT2D eigenvalue weighted by Crippen LogP contribution is 2.29. The second kappa shape index (κ2) is 4.29. The Morgan fingerprint density at radius 1 is 1.60 bits per heavy atom. The molecule has 1 aromatic rings. The summed E-state index contributed by atoms with van der Waals surface area (Å²) in [5.74, 6) is 1.29. The summed E-state index contributed by atoms with van der Waals surface area (Å²) in [6.45, 7) is 0. The Kier molecular flexibility index (Phi) is 2.85. The van der Waals surface area contributed by atoms with E-state index in [9.17, 15) is 0 Å². The smallest absolute Gasteiger partial charge is 0.257 e. The summed E-state index contributed by atoms with van der Waals surface area (Å²) in [6.07, 6.45) is 10.1. The number of aryl methyl sites for hydroxylation is 1. The predicted octanol–water partition coefficient (Wildman–Crippen LogP) is 1.25. The molecule has 0 bridgehead atoms. The van der Waals surface area contributed by atoms with E-state index in [1.165, 1.54) is 12.8 Å². The Morgan fingerprint density at radius 3 is 3.07 bits per heavy atom. The molecule has 0 amide bonds.